The molecule has 1 aromatic rings. The summed E-state index contributed by atoms with van der Waals surface area (Å²) < 4.78 is 19.4. The number of hydrogen-bond donors (Lipinski definition) is 0. The summed E-state index contributed by atoms with van der Waals surface area (Å²) in [5, 5.41) is 0. The molecule has 0 spiro atoms. The Bertz CT molecular complexity index is 483. The average molecular weight is 301 g/mol. The number of carbonyl (C=O) groups excluding carboxylic acids is 2. The van der Waals surface area contributed by atoms with E-state index in [9.17, 15) is 14.0 Å². The van der Waals surface area contributed by atoms with Gasteiger partial charge in [-0.1, -0.05) is 15.9 Å². The zero-order valence-corrected chi connectivity index (χ0v) is 10.7. The van der Waals surface area contributed by atoms with Gasteiger partial charge in [0.25, 0.3) is 0 Å². The van der Waals surface area contributed by atoms with Gasteiger partial charge in [0.2, 0.25) is 0 Å². The summed E-state index contributed by atoms with van der Waals surface area (Å²) in [7, 11) is 1.38. The number of rotatable bonds is 2. The molecule has 0 bridgehead atoms. The molecule has 0 aromatic heterocycles. The lowest BCUT2D eigenvalue weighted by Gasteiger charge is -2.14. The second-order valence-electron chi connectivity index (χ2n) is 3.87. The van der Waals surface area contributed by atoms with Crippen LogP contribution in [0, 0.1) is 5.82 Å². The van der Waals surface area contributed by atoms with Crippen molar-refractivity contribution >= 4 is 27.5 Å². The molecular weight excluding hydrogens is 291 g/mol. The van der Waals surface area contributed by atoms with Crippen LogP contribution in [0.5, 0.6) is 5.75 Å². The first-order valence-electron chi connectivity index (χ1n) is 5.13. The van der Waals surface area contributed by atoms with E-state index < -0.39 is 11.7 Å². The fourth-order valence-electron chi connectivity index (χ4n) is 2.05. The van der Waals surface area contributed by atoms with Gasteiger partial charge in [0.05, 0.1) is 7.11 Å². The van der Waals surface area contributed by atoms with E-state index in [0.717, 1.165) is 0 Å². The van der Waals surface area contributed by atoms with E-state index in [-0.39, 0.29) is 35.7 Å². The van der Waals surface area contributed by atoms with E-state index in [0.29, 0.717) is 4.47 Å². The van der Waals surface area contributed by atoms with Crippen LogP contribution in [-0.4, -0.2) is 18.7 Å². The maximum absolute atomic E-state index is 13.9. The molecule has 1 aliphatic carbocycles. The Morgan fingerprint density at radius 2 is 1.88 bits per heavy atom. The molecule has 0 amide bonds. The van der Waals surface area contributed by atoms with Gasteiger partial charge in [0.15, 0.2) is 0 Å². The quantitative estimate of drug-likeness (QED) is 0.789. The molecule has 1 aliphatic rings. The molecule has 1 aromatic carbocycles. The molecule has 5 heteroatoms. The highest BCUT2D eigenvalue weighted by Gasteiger charge is 2.38. The molecule has 0 atom stereocenters. The van der Waals surface area contributed by atoms with Crippen molar-refractivity contribution in [2.45, 2.75) is 18.8 Å². The van der Waals surface area contributed by atoms with Crippen LogP contribution >= 0.6 is 15.9 Å². The second-order valence-corrected chi connectivity index (χ2v) is 4.78. The minimum atomic E-state index is -1.00. The molecule has 17 heavy (non-hydrogen) atoms. The zero-order chi connectivity index (χ0) is 12.6. The monoisotopic (exact) mass is 300 g/mol. The van der Waals surface area contributed by atoms with Crippen molar-refractivity contribution in [2.24, 2.45) is 0 Å². The average Bonchev–Trinajstić information content (AvgIpc) is 2.59. The van der Waals surface area contributed by atoms with E-state index in [4.69, 9.17) is 4.74 Å². The molecule has 0 aliphatic heterocycles. The van der Waals surface area contributed by atoms with E-state index in [1.807, 2.05) is 0 Å². The summed E-state index contributed by atoms with van der Waals surface area (Å²) in [4.78, 5) is 23.3. The molecule has 90 valence electrons. The molecule has 2 rings (SSSR count). The Morgan fingerprint density at radius 1 is 1.29 bits per heavy atom. The molecular formula is C12H10BrFO3. The molecule has 0 saturated heterocycles. The third-order valence-electron chi connectivity index (χ3n) is 2.83. The SMILES string of the molecule is COc1cc(Br)cc(F)c1C1C(=O)CCC1=O. The fraction of sp³-hybridized carbons (Fsp3) is 0.333. The number of methoxy groups -OCH3 is 1. The van der Waals surface area contributed by atoms with Crippen molar-refractivity contribution in [3.63, 3.8) is 0 Å². The highest BCUT2D eigenvalue weighted by Crippen LogP contribution is 2.37. The lowest BCUT2D eigenvalue weighted by atomic mass is 9.94. The van der Waals surface area contributed by atoms with Crippen molar-refractivity contribution in [2.75, 3.05) is 7.11 Å². The standard InChI is InChI=1S/C12H10BrFO3/c1-17-10-5-6(13)4-7(14)11(10)12-8(15)2-3-9(12)16/h4-5,12H,2-3H2,1H3. The Balaban J connectivity index is 2.58. The first kappa shape index (κ1) is 12.2. The van der Waals surface area contributed by atoms with Crippen molar-refractivity contribution < 1.29 is 18.7 Å². The number of hydrogen-bond acceptors (Lipinski definition) is 3. The topological polar surface area (TPSA) is 43.4 Å². The molecule has 0 radical (unpaired) electrons. The fourth-order valence-corrected chi connectivity index (χ4v) is 2.46. The van der Waals surface area contributed by atoms with E-state index in [1.54, 1.807) is 6.07 Å². The Labute approximate surface area is 106 Å². The normalized spacial score (nSPS) is 16.6. The van der Waals surface area contributed by atoms with Gasteiger partial charge in [-0.25, -0.2) is 4.39 Å². The van der Waals surface area contributed by atoms with Gasteiger partial charge in [-0.3, -0.25) is 9.59 Å². The van der Waals surface area contributed by atoms with Gasteiger partial charge in [0.1, 0.15) is 29.1 Å². The number of Topliss-reactive ketones (excluding diaryl/α,β-unsaturated/α-hetero) is 2. The largest absolute Gasteiger partial charge is 0.496 e. The minimum absolute atomic E-state index is 0.0585. The van der Waals surface area contributed by atoms with Gasteiger partial charge in [-0.2, -0.15) is 0 Å². The minimum Gasteiger partial charge on any atom is -0.496 e. The first-order valence-corrected chi connectivity index (χ1v) is 5.92. The van der Waals surface area contributed by atoms with Crippen molar-refractivity contribution in [1.82, 2.24) is 0 Å². The molecule has 0 N–H and O–H groups in total. The number of carbonyl (C=O) groups is 2. The number of ether oxygens (including phenoxy) is 1. The Kier molecular flexibility index (Phi) is 3.28. The van der Waals surface area contributed by atoms with Gasteiger partial charge in [-0.15, -0.1) is 0 Å². The number of benzene rings is 1. The van der Waals surface area contributed by atoms with E-state index >= 15 is 0 Å². The van der Waals surface area contributed by atoms with Crippen LogP contribution in [0.4, 0.5) is 4.39 Å². The summed E-state index contributed by atoms with van der Waals surface area (Å²) in [5.74, 6) is -1.85. The van der Waals surface area contributed by atoms with Gasteiger partial charge in [-0.05, 0) is 12.1 Å². The number of halogens is 2. The molecule has 1 fully saturated rings. The first-order chi connectivity index (χ1) is 8.04. The Hall–Kier alpha value is -1.23. The summed E-state index contributed by atoms with van der Waals surface area (Å²) in [5.41, 5.74) is 0.0585. The third-order valence-corrected chi connectivity index (χ3v) is 3.28. The van der Waals surface area contributed by atoms with Crippen LogP contribution in [0.25, 0.3) is 0 Å². The van der Waals surface area contributed by atoms with Gasteiger partial charge in [0, 0.05) is 22.9 Å². The zero-order valence-electron chi connectivity index (χ0n) is 9.13. The van der Waals surface area contributed by atoms with Crippen LogP contribution in [0.15, 0.2) is 16.6 Å². The van der Waals surface area contributed by atoms with E-state index in [1.165, 1.54) is 13.2 Å². The van der Waals surface area contributed by atoms with Gasteiger partial charge < -0.3 is 4.74 Å². The lowest BCUT2D eigenvalue weighted by Crippen LogP contribution is -2.15. The highest BCUT2D eigenvalue weighted by atomic mass is 79.9. The highest BCUT2D eigenvalue weighted by molar-refractivity contribution is 9.10. The van der Waals surface area contributed by atoms with Crippen LogP contribution in [0.1, 0.15) is 24.3 Å². The van der Waals surface area contributed by atoms with Crippen LogP contribution in [0.2, 0.25) is 0 Å². The molecule has 1 saturated carbocycles. The van der Waals surface area contributed by atoms with Crippen molar-refractivity contribution in [1.29, 1.82) is 0 Å². The summed E-state index contributed by atoms with van der Waals surface area (Å²) in [6, 6.07) is 2.79. The van der Waals surface area contributed by atoms with E-state index in [2.05, 4.69) is 15.9 Å². The number of ketones is 2. The molecule has 0 unspecified atom stereocenters. The van der Waals surface area contributed by atoms with Crippen molar-refractivity contribution in [3.8, 4) is 5.75 Å². The smallest absolute Gasteiger partial charge is 0.148 e. The summed E-state index contributed by atoms with van der Waals surface area (Å²) in [6.07, 6.45) is 0.365. The van der Waals surface area contributed by atoms with Crippen LogP contribution in [-0.2, 0) is 9.59 Å². The summed E-state index contributed by atoms with van der Waals surface area (Å²) in [6.45, 7) is 0. The Morgan fingerprint density at radius 3 is 2.41 bits per heavy atom. The summed E-state index contributed by atoms with van der Waals surface area (Å²) >= 11 is 3.14. The van der Waals surface area contributed by atoms with Gasteiger partial charge >= 0.3 is 0 Å². The van der Waals surface area contributed by atoms with Crippen molar-refractivity contribution in [3.05, 3.63) is 28.0 Å². The predicted molar refractivity (Wildman–Crippen MR) is 62.6 cm³/mol. The predicted octanol–water partition coefficient (Wildman–Crippen LogP) is 2.61. The van der Waals surface area contributed by atoms with Crippen LogP contribution < -0.4 is 4.74 Å². The maximum Gasteiger partial charge on any atom is 0.148 e. The third kappa shape index (κ3) is 2.11. The molecule has 0 heterocycles. The molecule has 3 nitrogen and oxygen atoms in total. The van der Waals surface area contributed by atoms with Crippen LogP contribution in [0.3, 0.4) is 0 Å². The maximum atomic E-state index is 13.9. The lowest BCUT2D eigenvalue weighted by molar-refractivity contribution is -0.123. The second kappa shape index (κ2) is 4.56.